The third-order valence-electron chi connectivity index (χ3n) is 6.53. The number of thiophene rings is 1. The summed E-state index contributed by atoms with van der Waals surface area (Å²) < 4.78 is 16.9. The van der Waals surface area contributed by atoms with Crippen molar-refractivity contribution in [2.24, 2.45) is 5.92 Å². The number of fused-ring (bicyclic) bond motifs is 1. The molecule has 1 amide bonds. The summed E-state index contributed by atoms with van der Waals surface area (Å²) in [6, 6.07) is -0.295. The van der Waals surface area contributed by atoms with Crippen LogP contribution in [-0.4, -0.2) is 61.5 Å². The standard InChI is InChI=1S/C22H32N2O5S/c1-4-27-21(26)18-16-6-5-14(2)13-17(16)30-20(18)23-19(25)15(3)24-9-7-22(8-10-24)28-11-12-29-22/h14-15H,4-13H2,1-3H3,(H,23,25)/t14-,15+/m0/s1. The van der Waals surface area contributed by atoms with Crippen LogP contribution < -0.4 is 5.32 Å². The largest absolute Gasteiger partial charge is 0.462 e. The second-order valence-electron chi connectivity index (χ2n) is 8.59. The van der Waals surface area contributed by atoms with Crippen LogP contribution in [0.25, 0.3) is 0 Å². The molecule has 2 saturated heterocycles. The number of esters is 1. The van der Waals surface area contributed by atoms with E-state index in [1.54, 1.807) is 6.92 Å². The summed E-state index contributed by atoms with van der Waals surface area (Å²) in [5, 5.41) is 3.69. The summed E-state index contributed by atoms with van der Waals surface area (Å²) in [5.41, 5.74) is 1.63. The first-order valence-electron chi connectivity index (χ1n) is 11.1. The van der Waals surface area contributed by atoms with E-state index in [1.807, 2.05) is 6.92 Å². The molecule has 1 aliphatic carbocycles. The van der Waals surface area contributed by atoms with Gasteiger partial charge in [0.2, 0.25) is 5.91 Å². The van der Waals surface area contributed by atoms with E-state index in [4.69, 9.17) is 14.2 Å². The van der Waals surface area contributed by atoms with Crippen molar-refractivity contribution in [1.82, 2.24) is 4.90 Å². The Kier molecular flexibility index (Phi) is 6.48. The Balaban J connectivity index is 1.46. The van der Waals surface area contributed by atoms with Crippen molar-refractivity contribution in [3.63, 3.8) is 0 Å². The highest BCUT2D eigenvalue weighted by molar-refractivity contribution is 7.17. The summed E-state index contributed by atoms with van der Waals surface area (Å²) in [6.07, 6.45) is 4.40. The molecule has 0 aromatic carbocycles. The van der Waals surface area contributed by atoms with E-state index in [0.29, 0.717) is 36.3 Å². The van der Waals surface area contributed by atoms with Gasteiger partial charge < -0.3 is 19.5 Å². The number of hydrogen-bond acceptors (Lipinski definition) is 7. The minimum absolute atomic E-state index is 0.0867. The summed E-state index contributed by atoms with van der Waals surface area (Å²) in [6.45, 7) is 9.07. The van der Waals surface area contributed by atoms with Gasteiger partial charge in [0.25, 0.3) is 0 Å². The van der Waals surface area contributed by atoms with Gasteiger partial charge in [-0.15, -0.1) is 11.3 Å². The first-order chi connectivity index (χ1) is 14.4. The van der Waals surface area contributed by atoms with E-state index in [1.165, 1.54) is 16.2 Å². The Hall–Kier alpha value is -1.48. The number of nitrogens with one attached hydrogen (secondary N) is 1. The van der Waals surface area contributed by atoms with E-state index >= 15 is 0 Å². The van der Waals surface area contributed by atoms with Crippen molar-refractivity contribution in [3.05, 3.63) is 16.0 Å². The third kappa shape index (κ3) is 4.28. The van der Waals surface area contributed by atoms with Gasteiger partial charge in [0.15, 0.2) is 5.79 Å². The zero-order chi connectivity index (χ0) is 21.3. The fourth-order valence-electron chi connectivity index (χ4n) is 4.68. The normalized spacial score (nSPS) is 24.4. The predicted molar refractivity (Wildman–Crippen MR) is 115 cm³/mol. The van der Waals surface area contributed by atoms with Gasteiger partial charge in [-0.25, -0.2) is 4.79 Å². The van der Waals surface area contributed by atoms with Crippen LogP contribution in [0.3, 0.4) is 0 Å². The lowest BCUT2D eigenvalue weighted by molar-refractivity contribution is -0.187. The molecule has 1 N–H and O–H groups in total. The van der Waals surface area contributed by atoms with E-state index in [-0.39, 0.29) is 17.9 Å². The van der Waals surface area contributed by atoms with E-state index < -0.39 is 5.79 Å². The number of rotatable bonds is 5. The minimum atomic E-state index is -0.451. The average Bonchev–Trinajstić information content (AvgIpc) is 3.32. The van der Waals surface area contributed by atoms with E-state index in [9.17, 15) is 9.59 Å². The van der Waals surface area contributed by atoms with Gasteiger partial charge in [0.1, 0.15) is 5.00 Å². The van der Waals surface area contributed by atoms with Crippen LogP contribution in [0.15, 0.2) is 0 Å². The van der Waals surface area contributed by atoms with Crippen molar-refractivity contribution in [2.45, 2.75) is 64.7 Å². The highest BCUT2D eigenvalue weighted by Gasteiger charge is 2.41. The van der Waals surface area contributed by atoms with Crippen LogP contribution in [0.5, 0.6) is 0 Å². The highest BCUT2D eigenvalue weighted by atomic mass is 32.1. The van der Waals surface area contributed by atoms with Gasteiger partial charge in [-0.2, -0.15) is 0 Å². The molecule has 8 heteroatoms. The topological polar surface area (TPSA) is 77.1 Å². The number of carbonyl (C=O) groups is 2. The molecule has 2 fully saturated rings. The molecule has 7 nitrogen and oxygen atoms in total. The van der Waals surface area contributed by atoms with Crippen molar-refractivity contribution >= 4 is 28.2 Å². The number of likely N-dealkylation sites (tertiary alicyclic amines) is 1. The van der Waals surface area contributed by atoms with Gasteiger partial charge in [-0.1, -0.05) is 6.92 Å². The van der Waals surface area contributed by atoms with Crippen LogP contribution in [0.4, 0.5) is 5.00 Å². The van der Waals surface area contributed by atoms with Gasteiger partial charge >= 0.3 is 5.97 Å². The van der Waals surface area contributed by atoms with Gasteiger partial charge in [0.05, 0.1) is 31.4 Å². The van der Waals surface area contributed by atoms with Crippen molar-refractivity contribution < 1.29 is 23.8 Å². The molecular weight excluding hydrogens is 404 g/mol. The lowest BCUT2D eigenvalue weighted by atomic mass is 9.88. The summed E-state index contributed by atoms with van der Waals surface area (Å²) in [4.78, 5) is 29.1. The molecule has 1 spiro atoms. The molecule has 1 aromatic heterocycles. The molecule has 166 valence electrons. The lowest BCUT2D eigenvalue weighted by Crippen LogP contribution is -2.51. The highest BCUT2D eigenvalue weighted by Crippen LogP contribution is 2.40. The summed E-state index contributed by atoms with van der Waals surface area (Å²) in [5.74, 6) is -0.276. The summed E-state index contributed by atoms with van der Waals surface area (Å²) in [7, 11) is 0. The van der Waals surface area contributed by atoms with E-state index in [2.05, 4.69) is 17.1 Å². The molecule has 4 rings (SSSR count). The zero-order valence-electron chi connectivity index (χ0n) is 18.1. The number of anilines is 1. The van der Waals surface area contributed by atoms with Crippen LogP contribution in [0.2, 0.25) is 0 Å². The molecule has 0 bridgehead atoms. The van der Waals surface area contributed by atoms with Crippen LogP contribution in [-0.2, 0) is 31.8 Å². The van der Waals surface area contributed by atoms with Crippen LogP contribution in [0.1, 0.15) is 60.8 Å². The average molecular weight is 437 g/mol. The number of carbonyl (C=O) groups excluding carboxylic acids is 2. The predicted octanol–water partition coefficient (Wildman–Crippen LogP) is 3.22. The van der Waals surface area contributed by atoms with Crippen LogP contribution in [0, 0.1) is 5.92 Å². The van der Waals surface area contributed by atoms with Crippen molar-refractivity contribution in [1.29, 1.82) is 0 Å². The molecule has 2 atom stereocenters. The van der Waals surface area contributed by atoms with Gasteiger partial charge in [-0.3, -0.25) is 9.69 Å². The smallest absolute Gasteiger partial charge is 0.341 e. The van der Waals surface area contributed by atoms with E-state index in [0.717, 1.165) is 50.8 Å². The maximum absolute atomic E-state index is 13.1. The molecule has 1 aromatic rings. The first kappa shape index (κ1) is 21.7. The Morgan fingerprint density at radius 1 is 1.30 bits per heavy atom. The van der Waals surface area contributed by atoms with Crippen molar-refractivity contribution in [3.8, 4) is 0 Å². The summed E-state index contributed by atoms with van der Waals surface area (Å²) >= 11 is 1.54. The first-order valence-corrected chi connectivity index (χ1v) is 11.9. The van der Waals surface area contributed by atoms with Crippen LogP contribution >= 0.6 is 11.3 Å². The van der Waals surface area contributed by atoms with Crippen molar-refractivity contribution in [2.75, 3.05) is 38.2 Å². The molecule has 3 aliphatic rings. The Labute approximate surface area is 182 Å². The molecule has 0 saturated carbocycles. The zero-order valence-corrected chi connectivity index (χ0v) is 18.9. The molecular formula is C22H32N2O5S. The lowest BCUT2D eigenvalue weighted by Gasteiger charge is -2.39. The molecule has 0 unspecified atom stereocenters. The maximum Gasteiger partial charge on any atom is 0.341 e. The number of nitrogens with zero attached hydrogens (tertiary/aromatic N) is 1. The third-order valence-corrected chi connectivity index (χ3v) is 7.70. The quantitative estimate of drug-likeness (QED) is 0.715. The fraction of sp³-hybridized carbons (Fsp3) is 0.727. The Bertz CT molecular complexity index is 792. The number of piperidine rings is 1. The fourth-order valence-corrected chi connectivity index (χ4v) is 6.08. The Morgan fingerprint density at radius 3 is 2.67 bits per heavy atom. The molecule has 2 aliphatic heterocycles. The van der Waals surface area contributed by atoms with Gasteiger partial charge in [-0.05, 0) is 44.6 Å². The molecule has 3 heterocycles. The second-order valence-corrected chi connectivity index (χ2v) is 9.69. The second kappa shape index (κ2) is 8.94. The monoisotopic (exact) mass is 436 g/mol. The number of ether oxygens (including phenoxy) is 3. The minimum Gasteiger partial charge on any atom is -0.462 e. The number of hydrogen-bond donors (Lipinski definition) is 1. The molecule has 30 heavy (non-hydrogen) atoms. The molecule has 0 radical (unpaired) electrons. The number of amides is 1. The Morgan fingerprint density at radius 2 is 2.00 bits per heavy atom. The van der Waals surface area contributed by atoms with Gasteiger partial charge in [0, 0.05) is 30.8 Å². The maximum atomic E-state index is 13.1. The SMILES string of the molecule is CCOC(=O)c1c(NC(=O)[C@@H](C)N2CCC3(CC2)OCCO3)sc2c1CC[C@H](C)C2.